The Balaban J connectivity index is 2.51. The Kier molecular flexibility index (Phi) is 3.00. The van der Waals surface area contributed by atoms with E-state index in [0.29, 0.717) is 0 Å². The van der Waals surface area contributed by atoms with Gasteiger partial charge in [-0.05, 0) is 18.2 Å². The summed E-state index contributed by atoms with van der Waals surface area (Å²) < 4.78 is 0. The fourth-order valence-corrected chi connectivity index (χ4v) is 0.734. The summed E-state index contributed by atoms with van der Waals surface area (Å²) in [6, 6.07) is 9.90. The van der Waals surface area contributed by atoms with Crippen LogP contribution in [0.5, 0.6) is 0 Å². The van der Waals surface area contributed by atoms with Crippen molar-refractivity contribution < 1.29 is 0 Å². The first kappa shape index (κ1) is 7.61. The lowest BCUT2D eigenvalue weighted by molar-refractivity contribution is 1.58. The molecule has 0 saturated heterocycles. The molecule has 0 atom stereocenters. The highest BCUT2D eigenvalue weighted by atomic mass is 14.8. The summed E-state index contributed by atoms with van der Waals surface area (Å²) in [5.41, 5.74) is 1.06. The first-order valence-corrected chi connectivity index (χ1v) is 3.45. The molecule has 0 aliphatic heterocycles. The number of hydrogen-bond acceptors (Lipinski definition) is 1. The number of hydrogen-bond donors (Lipinski definition) is 1. The molecule has 55 valence electrons. The van der Waals surface area contributed by atoms with Gasteiger partial charge in [0.05, 0.1) is 0 Å². The van der Waals surface area contributed by atoms with Crippen LogP contribution in [0, 0.1) is 6.58 Å². The maximum atomic E-state index is 5.14. The molecule has 1 aromatic carbocycles. The molecule has 0 bridgehead atoms. The van der Waals surface area contributed by atoms with E-state index in [1.165, 1.54) is 6.08 Å². The molecular formula is C10H10N. The van der Waals surface area contributed by atoms with Crippen molar-refractivity contribution in [3.8, 4) is 0 Å². The van der Waals surface area contributed by atoms with Crippen molar-refractivity contribution >= 4 is 5.69 Å². The van der Waals surface area contributed by atoms with Crippen molar-refractivity contribution in [2.45, 2.75) is 0 Å². The van der Waals surface area contributed by atoms with Crippen LogP contribution in [0.25, 0.3) is 0 Å². The highest BCUT2D eigenvalue weighted by Crippen LogP contribution is 2.03. The molecule has 0 heterocycles. The Morgan fingerprint density at radius 2 is 1.91 bits per heavy atom. The van der Waals surface area contributed by atoms with Crippen molar-refractivity contribution in [2.75, 3.05) is 5.32 Å². The van der Waals surface area contributed by atoms with Crippen LogP contribution in [0.2, 0.25) is 0 Å². The minimum absolute atomic E-state index is 1.06. The number of para-hydroxylation sites is 1. The van der Waals surface area contributed by atoms with Crippen molar-refractivity contribution in [3.63, 3.8) is 0 Å². The molecule has 0 unspecified atom stereocenters. The third-order valence-corrected chi connectivity index (χ3v) is 1.23. The Bertz CT molecular complexity index is 236. The molecule has 0 aliphatic carbocycles. The fourth-order valence-electron chi connectivity index (χ4n) is 0.734. The second-order valence-electron chi connectivity index (χ2n) is 2.06. The molecule has 1 radical (unpaired) electrons. The molecule has 11 heavy (non-hydrogen) atoms. The van der Waals surface area contributed by atoms with Crippen molar-refractivity contribution in [2.24, 2.45) is 0 Å². The van der Waals surface area contributed by atoms with Crippen molar-refractivity contribution in [1.29, 1.82) is 0 Å². The Labute approximate surface area is 67.1 Å². The minimum atomic E-state index is 1.06. The molecule has 0 saturated carbocycles. The summed E-state index contributed by atoms with van der Waals surface area (Å²) in [4.78, 5) is 0. The summed E-state index contributed by atoms with van der Waals surface area (Å²) in [5, 5.41) is 3.05. The van der Waals surface area contributed by atoms with Crippen LogP contribution in [0.15, 0.2) is 48.7 Å². The number of nitrogens with one attached hydrogen (secondary N) is 1. The van der Waals surface area contributed by atoms with E-state index in [-0.39, 0.29) is 0 Å². The van der Waals surface area contributed by atoms with E-state index in [1.54, 1.807) is 12.3 Å². The predicted octanol–water partition coefficient (Wildman–Crippen LogP) is 2.60. The van der Waals surface area contributed by atoms with E-state index in [4.69, 9.17) is 6.58 Å². The zero-order valence-corrected chi connectivity index (χ0v) is 6.20. The third kappa shape index (κ3) is 2.72. The van der Waals surface area contributed by atoms with Crippen LogP contribution in [0.1, 0.15) is 0 Å². The zero-order valence-electron chi connectivity index (χ0n) is 6.20. The smallest absolute Gasteiger partial charge is 0.0379 e. The van der Waals surface area contributed by atoms with E-state index in [2.05, 4.69) is 5.32 Å². The molecule has 1 nitrogen and oxygen atoms in total. The lowest BCUT2D eigenvalue weighted by atomic mass is 10.3. The SMILES string of the molecule is [CH]=CC=CNc1ccccc1. The van der Waals surface area contributed by atoms with Crippen LogP contribution in [-0.2, 0) is 0 Å². The predicted molar refractivity (Wildman–Crippen MR) is 48.1 cm³/mol. The van der Waals surface area contributed by atoms with E-state index in [1.807, 2.05) is 30.3 Å². The largest absolute Gasteiger partial charge is 0.362 e. The average Bonchev–Trinajstić information content (AvgIpc) is 2.07. The van der Waals surface area contributed by atoms with Gasteiger partial charge in [-0.25, -0.2) is 0 Å². The topological polar surface area (TPSA) is 12.0 Å². The molecule has 1 N–H and O–H groups in total. The van der Waals surface area contributed by atoms with Crippen molar-refractivity contribution in [1.82, 2.24) is 0 Å². The third-order valence-electron chi connectivity index (χ3n) is 1.23. The summed E-state index contributed by atoms with van der Waals surface area (Å²) in [7, 11) is 0. The van der Waals surface area contributed by atoms with Gasteiger partial charge in [0.25, 0.3) is 0 Å². The zero-order chi connectivity index (χ0) is 7.94. The van der Waals surface area contributed by atoms with Crippen LogP contribution in [0.3, 0.4) is 0 Å². The summed E-state index contributed by atoms with van der Waals surface area (Å²) in [6.07, 6.45) is 5.01. The first-order chi connectivity index (χ1) is 5.43. The van der Waals surface area contributed by atoms with Crippen molar-refractivity contribution in [3.05, 3.63) is 55.3 Å². The Morgan fingerprint density at radius 1 is 1.18 bits per heavy atom. The summed E-state index contributed by atoms with van der Waals surface area (Å²) in [6.45, 7) is 5.14. The van der Waals surface area contributed by atoms with Crippen LogP contribution < -0.4 is 5.32 Å². The average molecular weight is 144 g/mol. The molecule has 1 aromatic rings. The van der Waals surface area contributed by atoms with Crippen LogP contribution >= 0.6 is 0 Å². The number of anilines is 1. The van der Waals surface area contributed by atoms with Gasteiger partial charge in [-0.15, -0.1) is 0 Å². The van der Waals surface area contributed by atoms with E-state index >= 15 is 0 Å². The Morgan fingerprint density at radius 3 is 2.55 bits per heavy atom. The maximum Gasteiger partial charge on any atom is 0.0379 e. The minimum Gasteiger partial charge on any atom is -0.362 e. The van der Waals surface area contributed by atoms with Gasteiger partial charge in [0.2, 0.25) is 0 Å². The van der Waals surface area contributed by atoms with Gasteiger partial charge in [0.15, 0.2) is 0 Å². The van der Waals surface area contributed by atoms with Gasteiger partial charge in [-0.2, -0.15) is 0 Å². The summed E-state index contributed by atoms with van der Waals surface area (Å²) in [5.74, 6) is 0. The van der Waals surface area contributed by atoms with E-state index in [0.717, 1.165) is 5.69 Å². The van der Waals surface area contributed by atoms with Crippen LogP contribution in [0.4, 0.5) is 5.69 Å². The van der Waals surface area contributed by atoms with Gasteiger partial charge in [-0.1, -0.05) is 30.9 Å². The molecule has 1 rings (SSSR count). The summed E-state index contributed by atoms with van der Waals surface area (Å²) >= 11 is 0. The van der Waals surface area contributed by atoms with E-state index in [9.17, 15) is 0 Å². The number of benzene rings is 1. The second kappa shape index (κ2) is 4.34. The second-order valence-corrected chi connectivity index (χ2v) is 2.06. The van der Waals surface area contributed by atoms with Gasteiger partial charge < -0.3 is 5.32 Å². The van der Waals surface area contributed by atoms with Gasteiger partial charge in [0.1, 0.15) is 0 Å². The normalized spacial score (nSPS) is 9.82. The van der Waals surface area contributed by atoms with Gasteiger partial charge in [-0.3, -0.25) is 0 Å². The van der Waals surface area contributed by atoms with Crippen LogP contribution in [-0.4, -0.2) is 0 Å². The van der Waals surface area contributed by atoms with Gasteiger partial charge >= 0.3 is 0 Å². The lowest BCUT2D eigenvalue weighted by Gasteiger charge is -1.96. The molecular weight excluding hydrogens is 134 g/mol. The Hall–Kier alpha value is -1.50. The lowest BCUT2D eigenvalue weighted by Crippen LogP contribution is -1.84. The quantitative estimate of drug-likeness (QED) is 0.643. The molecule has 1 heteroatoms. The maximum absolute atomic E-state index is 5.14. The number of rotatable bonds is 3. The highest BCUT2D eigenvalue weighted by molar-refractivity contribution is 5.44. The van der Waals surface area contributed by atoms with E-state index < -0.39 is 0 Å². The first-order valence-electron chi connectivity index (χ1n) is 3.45. The highest BCUT2D eigenvalue weighted by Gasteiger charge is 1.80. The van der Waals surface area contributed by atoms with Gasteiger partial charge in [0, 0.05) is 11.9 Å². The molecule has 0 fully saturated rings. The fraction of sp³-hybridized carbons (Fsp3) is 0. The number of allylic oxidation sites excluding steroid dienone is 2. The molecule has 0 spiro atoms. The molecule has 0 aromatic heterocycles. The molecule has 0 aliphatic rings. The standard InChI is InChI=1S/C10H10N/c1-2-3-9-11-10-7-5-4-6-8-10/h1-9,11H. The monoisotopic (exact) mass is 144 g/mol. The molecule has 0 amide bonds.